The second-order valence-electron chi connectivity index (χ2n) is 8.05. The average Bonchev–Trinajstić information content (AvgIpc) is 2.91. The van der Waals surface area contributed by atoms with E-state index in [1.165, 1.54) is 0 Å². The number of fused-ring (bicyclic) bond motifs is 1. The molecule has 0 spiro atoms. The van der Waals surface area contributed by atoms with Crippen molar-refractivity contribution in [1.82, 2.24) is 15.3 Å². The smallest absolute Gasteiger partial charge is 0.258 e. The highest BCUT2D eigenvalue weighted by Gasteiger charge is 2.22. The highest BCUT2D eigenvalue weighted by Crippen LogP contribution is 2.28. The molecule has 0 unspecified atom stereocenters. The van der Waals surface area contributed by atoms with Crippen molar-refractivity contribution in [3.8, 4) is 5.88 Å². The average molecular weight is 455 g/mol. The van der Waals surface area contributed by atoms with Crippen LogP contribution in [-0.2, 0) is 9.53 Å². The van der Waals surface area contributed by atoms with E-state index in [9.17, 15) is 4.79 Å². The van der Waals surface area contributed by atoms with Gasteiger partial charge in [0.15, 0.2) is 12.4 Å². The number of para-hydroxylation sites is 2. The van der Waals surface area contributed by atoms with Crippen molar-refractivity contribution in [2.24, 2.45) is 0 Å². The quantitative estimate of drug-likeness (QED) is 0.458. The van der Waals surface area contributed by atoms with Gasteiger partial charge in [0.05, 0.1) is 30.3 Å². The molecule has 1 N–H and O–H groups in total. The lowest BCUT2D eigenvalue weighted by molar-refractivity contribution is -0.123. The summed E-state index contributed by atoms with van der Waals surface area (Å²) in [6.45, 7) is 2.45. The zero-order valence-electron chi connectivity index (χ0n) is 18.8. The van der Waals surface area contributed by atoms with Crippen molar-refractivity contribution in [3.63, 3.8) is 0 Å². The van der Waals surface area contributed by atoms with Crippen LogP contribution < -0.4 is 15.0 Å². The van der Waals surface area contributed by atoms with Gasteiger partial charge in [-0.15, -0.1) is 0 Å². The molecular formula is C27H26N4O3. The molecule has 7 nitrogen and oxygen atoms in total. The normalized spacial score (nSPS) is 13.7. The molecule has 1 saturated heterocycles. The number of carbonyl (C=O) groups excluding carboxylic acids is 1. The van der Waals surface area contributed by atoms with E-state index in [2.05, 4.69) is 15.2 Å². The molecule has 0 radical (unpaired) electrons. The van der Waals surface area contributed by atoms with Crippen molar-refractivity contribution >= 4 is 22.8 Å². The minimum absolute atomic E-state index is 0.166. The molecule has 172 valence electrons. The maximum absolute atomic E-state index is 13.0. The predicted molar refractivity (Wildman–Crippen MR) is 131 cm³/mol. The van der Waals surface area contributed by atoms with E-state index in [-0.39, 0.29) is 18.6 Å². The number of hydrogen-bond acceptors (Lipinski definition) is 6. The first-order valence-corrected chi connectivity index (χ1v) is 11.4. The van der Waals surface area contributed by atoms with Crippen LogP contribution in [0.2, 0.25) is 0 Å². The van der Waals surface area contributed by atoms with Gasteiger partial charge >= 0.3 is 0 Å². The van der Waals surface area contributed by atoms with E-state index in [4.69, 9.17) is 14.5 Å². The van der Waals surface area contributed by atoms with E-state index in [1.54, 1.807) is 0 Å². The van der Waals surface area contributed by atoms with E-state index >= 15 is 0 Å². The lowest BCUT2D eigenvalue weighted by atomic mass is 9.99. The number of aromatic nitrogens is 2. The Hall–Kier alpha value is -3.97. The lowest BCUT2D eigenvalue weighted by Gasteiger charge is -2.28. The molecule has 1 aliphatic rings. The van der Waals surface area contributed by atoms with Crippen molar-refractivity contribution < 1.29 is 14.3 Å². The first-order chi connectivity index (χ1) is 16.8. The molecule has 1 amide bonds. The summed E-state index contributed by atoms with van der Waals surface area (Å²) in [5.41, 5.74) is 3.51. The van der Waals surface area contributed by atoms with Gasteiger partial charge in [-0.3, -0.25) is 4.79 Å². The van der Waals surface area contributed by atoms with Gasteiger partial charge in [-0.05, 0) is 23.3 Å². The Kier molecular flexibility index (Phi) is 6.63. The Balaban J connectivity index is 1.36. The number of nitrogens with zero attached hydrogens (tertiary/aromatic N) is 3. The van der Waals surface area contributed by atoms with Gasteiger partial charge in [-0.2, -0.15) is 0 Å². The summed E-state index contributed by atoms with van der Waals surface area (Å²) in [7, 11) is 0. The van der Waals surface area contributed by atoms with Crippen molar-refractivity contribution in [1.29, 1.82) is 0 Å². The molecule has 7 heteroatoms. The van der Waals surface area contributed by atoms with Crippen LogP contribution in [0.3, 0.4) is 0 Å². The standard InChI is InChI=1S/C27H26N4O3/c32-24(30-25(20-9-3-1-4-10-20)21-11-5-2-6-12-21)19-34-27-26(31-15-17-33-18-16-31)28-22-13-7-8-14-23(22)29-27/h1-14,25H,15-19H2,(H,30,32). The monoisotopic (exact) mass is 454 g/mol. The van der Waals surface area contributed by atoms with Crippen LogP contribution in [0.5, 0.6) is 5.88 Å². The number of benzene rings is 3. The Morgan fingerprint density at radius 2 is 1.41 bits per heavy atom. The SMILES string of the molecule is O=C(COc1nc2ccccc2nc1N1CCOCC1)NC(c1ccccc1)c1ccccc1. The van der Waals surface area contributed by atoms with Crippen LogP contribution >= 0.6 is 0 Å². The van der Waals surface area contributed by atoms with Crippen LogP contribution in [0.15, 0.2) is 84.9 Å². The molecule has 34 heavy (non-hydrogen) atoms. The number of rotatable bonds is 7. The second kappa shape index (κ2) is 10.3. The molecule has 0 bridgehead atoms. The lowest BCUT2D eigenvalue weighted by Crippen LogP contribution is -2.37. The van der Waals surface area contributed by atoms with E-state index in [1.807, 2.05) is 84.9 Å². The molecule has 3 aromatic carbocycles. The molecule has 0 aliphatic carbocycles. The summed E-state index contributed by atoms with van der Waals surface area (Å²) in [4.78, 5) is 24.6. The Morgan fingerprint density at radius 3 is 2.03 bits per heavy atom. The highest BCUT2D eigenvalue weighted by molar-refractivity contribution is 5.80. The fraction of sp³-hybridized carbons (Fsp3) is 0.222. The number of carbonyl (C=O) groups is 1. The third-order valence-electron chi connectivity index (χ3n) is 5.74. The van der Waals surface area contributed by atoms with Gasteiger partial charge in [-0.1, -0.05) is 72.8 Å². The fourth-order valence-corrected chi connectivity index (χ4v) is 4.04. The number of ether oxygens (including phenoxy) is 2. The summed E-state index contributed by atoms with van der Waals surface area (Å²) >= 11 is 0. The van der Waals surface area contributed by atoms with Crippen molar-refractivity contribution in [2.75, 3.05) is 37.8 Å². The summed E-state index contributed by atoms with van der Waals surface area (Å²) in [5.74, 6) is 0.754. The number of morpholine rings is 1. The highest BCUT2D eigenvalue weighted by atomic mass is 16.5. The Labute approximate surface area is 198 Å². The predicted octanol–water partition coefficient (Wildman–Crippen LogP) is 3.75. The van der Waals surface area contributed by atoms with Crippen LogP contribution in [0, 0.1) is 0 Å². The zero-order chi connectivity index (χ0) is 23.2. The summed E-state index contributed by atoms with van der Waals surface area (Å²) < 4.78 is 11.4. The zero-order valence-corrected chi connectivity index (χ0v) is 18.8. The van der Waals surface area contributed by atoms with E-state index < -0.39 is 0 Å². The van der Waals surface area contributed by atoms with Crippen LogP contribution in [0.1, 0.15) is 17.2 Å². The largest absolute Gasteiger partial charge is 0.465 e. The van der Waals surface area contributed by atoms with Gasteiger partial charge in [0, 0.05) is 13.1 Å². The molecule has 0 atom stereocenters. The Bertz CT molecular complexity index is 1210. The minimum Gasteiger partial charge on any atom is -0.465 e. The molecule has 1 aromatic heterocycles. The van der Waals surface area contributed by atoms with Crippen LogP contribution in [0.4, 0.5) is 5.82 Å². The van der Waals surface area contributed by atoms with E-state index in [0.29, 0.717) is 38.0 Å². The topological polar surface area (TPSA) is 76.6 Å². The molecule has 1 fully saturated rings. The summed E-state index contributed by atoms with van der Waals surface area (Å²) in [6.07, 6.45) is 0. The maximum Gasteiger partial charge on any atom is 0.258 e. The fourth-order valence-electron chi connectivity index (χ4n) is 4.04. The summed E-state index contributed by atoms with van der Waals surface area (Å²) in [6, 6.07) is 27.2. The van der Waals surface area contributed by atoms with Gasteiger partial charge in [0.2, 0.25) is 0 Å². The molecular weight excluding hydrogens is 428 g/mol. The second-order valence-corrected chi connectivity index (χ2v) is 8.05. The summed E-state index contributed by atoms with van der Waals surface area (Å²) in [5, 5.41) is 3.11. The Morgan fingerprint density at radius 1 is 0.853 bits per heavy atom. The molecule has 2 heterocycles. The van der Waals surface area contributed by atoms with Crippen molar-refractivity contribution in [2.45, 2.75) is 6.04 Å². The van der Waals surface area contributed by atoms with Crippen molar-refractivity contribution in [3.05, 3.63) is 96.1 Å². The third kappa shape index (κ3) is 5.00. The maximum atomic E-state index is 13.0. The van der Waals surface area contributed by atoms with E-state index in [0.717, 1.165) is 22.2 Å². The van der Waals surface area contributed by atoms with Gasteiger partial charge in [0.1, 0.15) is 0 Å². The number of nitrogens with one attached hydrogen (secondary N) is 1. The molecule has 4 aromatic rings. The number of anilines is 1. The third-order valence-corrected chi connectivity index (χ3v) is 5.74. The molecule has 5 rings (SSSR count). The first kappa shape index (κ1) is 21.9. The number of hydrogen-bond donors (Lipinski definition) is 1. The van der Waals surface area contributed by atoms with Crippen LogP contribution in [-0.4, -0.2) is 48.8 Å². The van der Waals surface area contributed by atoms with Gasteiger partial charge < -0.3 is 19.7 Å². The minimum atomic E-state index is -0.278. The molecule has 1 aliphatic heterocycles. The van der Waals surface area contributed by atoms with Gasteiger partial charge in [0.25, 0.3) is 11.8 Å². The first-order valence-electron chi connectivity index (χ1n) is 11.4. The van der Waals surface area contributed by atoms with Crippen LogP contribution in [0.25, 0.3) is 11.0 Å². The van der Waals surface area contributed by atoms with Gasteiger partial charge in [-0.25, -0.2) is 9.97 Å². The number of amides is 1. The molecule has 0 saturated carbocycles.